The van der Waals surface area contributed by atoms with Crippen molar-refractivity contribution < 1.29 is 32.6 Å². The molecule has 0 saturated carbocycles. The fraction of sp³-hybridized carbons (Fsp3) is 0.100. The molecule has 0 radical (unpaired) electrons. The molecule has 29 heavy (non-hydrogen) atoms. The maximum Gasteiger partial charge on any atom is 0.426 e. The van der Waals surface area contributed by atoms with E-state index in [2.05, 4.69) is 5.32 Å². The van der Waals surface area contributed by atoms with Gasteiger partial charge in [-0.1, -0.05) is 30.3 Å². The first-order chi connectivity index (χ1) is 13.7. The summed E-state index contributed by atoms with van der Waals surface area (Å²) in [5.74, 6) is -1.52. The molecule has 0 bridgehead atoms. The molecule has 3 rings (SSSR count). The molecule has 150 valence electrons. The van der Waals surface area contributed by atoms with Gasteiger partial charge in [-0.25, -0.2) is 4.79 Å². The predicted octanol–water partition coefficient (Wildman–Crippen LogP) is 5.15. The van der Waals surface area contributed by atoms with Gasteiger partial charge in [0, 0.05) is 11.3 Å². The van der Waals surface area contributed by atoms with Crippen molar-refractivity contribution >= 4 is 28.9 Å². The van der Waals surface area contributed by atoms with Crippen LogP contribution in [0, 0.1) is 0 Å². The summed E-state index contributed by atoms with van der Waals surface area (Å²) in [7, 11) is 0. The first-order valence-corrected chi connectivity index (χ1v) is 9.08. The first-order valence-electron chi connectivity index (χ1n) is 8.26. The van der Waals surface area contributed by atoms with Crippen LogP contribution in [0.4, 0.5) is 18.9 Å². The number of halogens is 3. The largest absolute Gasteiger partial charge is 0.482 e. The number of rotatable bonds is 6. The molecule has 1 heterocycles. The molecule has 5 nitrogen and oxygen atoms in total. The molecule has 0 spiro atoms. The standard InChI is InChI=1S/C20H14F3NO4S/c21-20(22,23)18-15(12-4-2-1-3-5-12)10-16(29-18)19(27)24-13-6-8-14(9-7-13)28-11-17(25)26/h1-10H,11H2,(H,24,27)(H,25,26). The molecule has 0 aliphatic heterocycles. The van der Waals surface area contributed by atoms with Crippen molar-refractivity contribution in [2.24, 2.45) is 0 Å². The Balaban J connectivity index is 1.81. The van der Waals surface area contributed by atoms with Crippen molar-refractivity contribution in [2.45, 2.75) is 6.18 Å². The Morgan fingerprint density at radius 1 is 1.03 bits per heavy atom. The number of hydrogen-bond donors (Lipinski definition) is 2. The molecule has 0 fully saturated rings. The second kappa shape index (κ2) is 8.36. The van der Waals surface area contributed by atoms with Gasteiger partial charge < -0.3 is 15.2 Å². The maximum atomic E-state index is 13.4. The van der Waals surface area contributed by atoms with Crippen LogP contribution in [-0.2, 0) is 11.0 Å². The van der Waals surface area contributed by atoms with Crippen molar-refractivity contribution in [3.8, 4) is 16.9 Å². The van der Waals surface area contributed by atoms with Crippen LogP contribution in [0.1, 0.15) is 14.5 Å². The van der Waals surface area contributed by atoms with Crippen LogP contribution < -0.4 is 10.1 Å². The third-order valence-electron chi connectivity index (χ3n) is 3.77. The molecule has 9 heteroatoms. The lowest BCUT2D eigenvalue weighted by atomic mass is 10.1. The van der Waals surface area contributed by atoms with Crippen molar-refractivity contribution in [3.05, 3.63) is 70.4 Å². The van der Waals surface area contributed by atoms with Crippen LogP contribution >= 0.6 is 11.3 Å². The monoisotopic (exact) mass is 421 g/mol. The number of benzene rings is 2. The van der Waals surface area contributed by atoms with E-state index in [-0.39, 0.29) is 16.2 Å². The number of anilines is 1. The number of ether oxygens (including phenoxy) is 1. The third-order valence-corrected chi connectivity index (χ3v) is 4.95. The zero-order valence-corrected chi connectivity index (χ0v) is 15.5. The fourth-order valence-corrected chi connectivity index (χ4v) is 3.46. The minimum atomic E-state index is -4.59. The number of hydrogen-bond acceptors (Lipinski definition) is 4. The smallest absolute Gasteiger partial charge is 0.426 e. The van der Waals surface area contributed by atoms with Crippen LogP contribution in [0.3, 0.4) is 0 Å². The van der Waals surface area contributed by atoms with Gasteiger partial charge in [-0.2, -0.15) is 13.2 Å². The van der Waals surface area contributed by atoms with Gasteiger partial charge in [0.15, 0.2) is 6.61 Å². The minimum Gasteiger partial charge on any atom is -0.482 e. The minimum absolute atomic E-state index is 0.0503. The Morgan fingerprint density at radius 2 is 1.69 bits per heavy atom. The SMILES string of the molecule is O=C(O)COc1ccc(NC(=O)c2cc(-c3ccccc3)c(C(F)(F)F)s2)cc1. The van der Waals surface area contributed by atoms with E-state index in [1.54, 1.807) is 30.3 Å². The number of carboxylic acid groups (broad SMARTS) is 1. The van der Waals surface area contributed by atoms with Crippen LogP contribution in [0.15, 0.2) is 60.7 Å². The molecule has 0 atom stereocenters. The van der Waals surface area contributed by atoms with Crippen molar-refractivity contribution in [3.63, 3.8) is 0 Å². The molecule has 1 aromatic heterocycles. The first kappa shape index (κ1) is 20.4. The second-order valence-corrected chi connectivity index (χ2v) is 6.93. The van der Waals surface area contributed by atoms with Gasteiger partial charge in [0.1, 0.15) is 10.6 Å². The van der Waals surface area contributed by atoms with E-state index < -0.39 is 29.5 Å². The van der Waals surface area contributed by atoms with E-state index in [4.69, 9.17) is 9.84 Å². The summed E-state index contributed by atoms with van der Waals surface area (Å²) in [6, 6.07) is 15.1. The number of carboxylic acids is 1. The lowest BCUT2D eigenvalue weighted by Crippen LogP contribution is -2.11. The third kappa shape index (κ3) is 5.14. The van der Waals surface area contributed by atoms with Gasteiger partial charge in [-0.3, -0.25) is 4.79 Å². The predicted molar refractivity (Wildman–Crippen MR) is 102 cm³/mol. The average molecular weight is 421 g/mol. The molecule has 0 unspecified atom stereocenters. The Morgan fingerprint density at radius 3 is 2.28 bits per heavy atom. The molecule has 2 N–H and O–H groups in total. The molecule has 0 aliphatic carbocycles. The van der Waals surface area contributed by atoms with E-state index in [1.807, 2.05) is 0 Å². The Kier molecular flexibility index (Phi) is 5.88. The molecule has 3 aromatic rings. The van der Waals surface area contributed by atoms with Gasteiger partial charge in [-0.05, 0) is 35.9 Å². The van der Waals surface area contributed by atoms with Crippen molar-refractivity contribution in [1.82, 2.24) is 0 Å². The Labute approximate surface area is 167 Å². The van der Waals surface area contributed by atoms with E-state index in [0.717, 1.165) is 0 Å². The van der Waals surface area contributed by atoms with Crippen molar-refractivity contribution in [1.29, 1.82) is 0 Å². The highest BCUT2D eigenvalue weighted by Crippen LogP contribution is 2.42. The molecule has 0 aliphatic rings. The molecule has 1 amide bonds. The number of aliphatic carboxylic acids is 1. The zero-order chi connectivity index (χ0) is 21.0. The second-order valence-electron chi connectivity index (χ2n) is 5.88. The summed E-state index contributed by atoms with van der Waals surface area (Å²) in [6.45, 7) is -0.511. The number of carbonyl (C=O) groups is 2. The number of amides is 1. The quantitative estimate of drug-likeness (QED) is 0.577. The highest BCUT2D eigenvalue weighted by atomic mass is 32.1. The Hall–Kier alpha value is -3.33. The topological polar surface area (TPSA) is 75.6 Å². The lowest BCUT2D eigenvalue weighted by Gasteiger charge is -2.07. The molecular formula is C20H14F3NO4S. The zero-order valence-electron chi connectivity index (χ0n) is 14.7. The van der Waals surface area contributed by atoms with Crippen molar-refractivity contribution in [2.75, 3.05) is 11.9 Å². The highest BCUT2D eigenvalue weighted by Gasteiger charge is 2.37. The van der Waals surface area contributed by atoms with Crippen LogP contribution in [-0.4, -0.2) is 23.6 Å². The summed E-state index contributed by atoms with van der Waals surface area (Å²) < 4.78 is 45.3. The average Bonchev–Trinajstić information content (AvgIpc) is 3.14. The summed E-state index contributed by atoms with van der Waals surface area (Å²) in [5.41, 5.74) is 0.654. The molecule has 0 saturated heterocycles. The number of thiophene rings is 1. The van der Waals surface area contributed by atoms with Gasteiger partial charge in [-0.15, -0.1) is 11.3 Å². The number of carbonyl (C=O) groups excluding carboxylic acids is 1. The highest BCUT2D eigenvalue weighted by molar-refractivity contribution is 7.14. The molecular weight excluding hydrogens is 407 g/mol. The van der Waals surface area contributed by atoms with Crippen LogP contribution in [0.2, 0.25) is 0 Å². The maximum absolute atomic E-state index is 13.4. The summed E-state index contributed by atoms with van der Waals surface area (Å²) in [6.07, 6.45) is -4.59. The van der Waals surface area contributed by atoms with Gasteiger partial charge >= 0.3 is 12.1 Å². The summed E-state index contributed by atoms with van der Waals surface area (Å²) in [4.78, 5) is 22.0. The van der Waals surface area contributed by atoms with E-state index in [0.29, 0.717) is 22.6 Å². The number of nitrogens with one attached hydrogen (secondary N) is 1. The fourth-order valence-electron chi connectivity index (χ4n) is 2.52. The van der Waals surface area contributed by atoms with E-state index in [1.165, 1.54) is 30.3 Å². The van der Waals surface area contributed by atoms with Gasteiger partial charge in [0.05, 0.1) is 4.88 Å². The van der Waals surface area contributed by atoms with Gasteiger partial charge in [0.2, 0.25) is 0 Å². The van der Waals surface area contributed by atoms with Crippen LogP contribution in [0.25, 0.3) is 11.1 Å². The normalized spacial score (nSPS) is 11.1. The number of alkyl halides is 3. The van der Waals surface area contributed by atoms with Crippen LogP contribution in [0.5, 0.6) is 5.75 Å². The lowest BCUT2D eigenvalue weighted by molar-refractivity contribution is -0.139. The summed E-state index contributed by atoms with van der Waals surface area (Å²) in [5, 5.41) is 11.1. The Bertz CT molecular complexity index is 1010. The molecule has 2 aromatic carbocycles. The summed E-state index contributed by atoms with van der Waals surface area (Å²) >= 11 is 0.376. The van der Waals surface area contributed by atoms with Gasteiger partial charge in [0.25, 0.3) is 5.91 Å². The van der Waals surface area contributed by atoms with E-state index in [9.17, 15) is 22.8 Å². The van der Waals surface area contributed by atoms with E-state index >= 15 is 0 Å².